The fourth-order valence-electron chi connectivity index (χ4n) is 1.97. The van der Waals surface area contributed by atoms with Crippen molar-refractivity contribution in [2.75, 3.05) is 14.2 Å². The summed E-state index contributed by atoms with van der Waals surface area (Å²) in [4.78, 5) is 0. The SMILES string of the molecule is CNC(c1ccc(C(F)(F)F)c(F)c1)C(C)(C)OC. The van der Waals surface area contributed by atoms with Crippen molar-refractivity contribution in [3.05, 3.63) is 35.1 Å². The molecule has 0 radical (unpaired) electrons. The van der Waals surface area contributed by atoms with Crippen LogP contribution in [0, 0.1) is 5.82 Å². The van der Waals surface area contributed by atoms with Gasteiger partial charge in [0.2, 0.25) is 0 Å². The van der Waals surface area contributed by atoms with Crippen LogP contribution in [-0.4, -0.2) is 19.8 Å². The molecule has 0 aliphatic heterocycles. The summed E-state index contributed by atoms with van der Waals surface area (Å²) in [5, 5.41) is 2.92. The summed E-state index contributed by atoms with van der Waals surface area (Å²) in [5.74, 6) is -1.28. The number of likely N-dealkylation sites (N-methyl/N-ethyl adjacent to an activating group) is 1. The molecule has 19 heavy (non-hydrogen) atoms. The fourth-order valence-corrected chi connectivity index (χ4v) is 1.97. The lowest BCUT2D eigenvalue weighted by molar-refractivity contribution is -0.140. The number of methoxy groups -OCH3 is 1. The van der Waals surface area contributed by atoms with Gasteiger partial charge >= 0.3 is 6.18 Å². The third-order valence-electron chi connectivity index (χ3n) is 3.14. The van der Waals surface area contributed by atoms with Crippen LogP contribution in [0.5, 0.6) is 0 Å². The van der Waals surface area contributed by atoms with Gasteiger partial charge < -0.3 is 10.1 Å². The summed E-state index contributed by atoms with van der Waals surface area (Å²) in [5.41, 5.74) is -1.54. The molecule has 0 fully saturated rings. The Hall–Kier alpha value is -1.14. The highest BCUT2D eigenvalue weighted by atomic mass is 19.4. The minimum atomic E-state index is -4.69. The Morgan fingerprint density at radius 1 is 1.21 bits per heavy atom. The van der Waals surface area contributed by atoms with E-state index < -0.39 is 29.2 Å². The van der Waals surface area contributed by atoms with Crippen molar-refractivity contribution in [2.45, 2.75) is 31.7 Å². The number of benzene rings is 1. The van der Waals surface area contributed by atoms with Crippen LogP contribution in [0.3, 0.4) is 0 Å². The van der Waals surface area contributed by atoms with Crippen LogP contribution in [0.25, 0.3) is 0 Å². The van der Waals surface area contributed by atoms with Gasteiger partial charge in [-0.15, -0.1) is 0 Å². The van der Waals surface area contributed by atoms with Crippen molar-refractivity contribution in [3.8, 4) is 0 Å². The second-order valence-corrected chi connectivity index (χ2v) is 4.77. The van der Waals surface area contributed by atoms with Gasteiger partial charge in [0.1, 0.15) is 5.82 Å². The maximum Gasteiger partial charge on any atom is 0.419 e. The Morgan fingerprint density at radius 2 is 1.79 bits per heavy atom. The van der Waals surface area contributed by atoms with Crippen molar-refractivity contribution < 1.29 is 22.3 Å². The van der Waals surface area contributed by atoms with E-state index in [0.717, 1.165) is 12.1 Å². The first kappa shape index (κ1) is 15.9. The Bertz CT molecular complexity index is 443. The molecule has 1 rings (SSSR count). The van der Waals surface area contributed by atoms with Gasteiger partial charge in [0, 0.05) is 7.11 Å². The van der Waals surface area contributed by atoms with Gasteiger partial charge in [-0.25, -0.2) is 4.39 Å². The number of alkyl halides is 3. The van der Waals surface area contributed by atoms with Crippen LogP contribution in [0.1, 0.15) is 31.0 Å². The van der Waals surface area contributed by atoms with Gasteiger partial charge in [0.15, 0.2) is 0 Å². The standard InChI is InChI=1S/C13H17F4NO/c1-12(2,19-4)11(18-3)8-5-6-9(10(14)7-8)13(15,16)17/h5-7,11,18H,1-4H3. The van der Waals surface area contributed by atoms with Gasteiger partial charge in [-0.2, -0.15) is 13.2 Å². The summed E-state index contributed by atoms with van der Waals surface area (Å²) >= 11 is 0. The molecule has 0 saturated carbocycles. The van der Waals surface area contributed by atoms with E-state index in [1.54, 1.807) is 20.9 Å². The normalized spacial score (nSPS) is 14.5. The van der Waals surface area contributed by atoms with E-state index >= 15 is 0 Å². The molecule has 0 bridgehead atoms. The van der Waals surface area contributed by atoms with Crippen molar-refractivity contribution in [3.63, 3.8) is 0 Å². The third kappa shape index (κ3) is 3.45. The lowest BCUT2D eigenvalue weighted by Gasteiger charge is -2.33. The van der Waals surface area contributed by atoms with Gasteiger partial charge in [0.25, 0.3) is 0 Å². The highest BCUT2D eigenvalue weighted by Crippen LogP contribution is 2.34. The topological polar surface area (TPSA) is 21.3 Å². The minimum absolute atomic E-state index is 0.403. The molecule has 0 aliphatic carbocycles. The smallest absolute Gasteiger partial charge is 0.377 e. The predicted molar refractivity (Wildman–Crippen MR) is 64.3 cm³/mol. The summed E-state index contributed by atoms with van der Waals surface area (Å²) in [6, 6.07) is 2.48. The molecule has 2 nitrogen and oxygen atoms in total. The Morgan fingerprint density at radius 3 is 2.16 bits per heavy atom. The molecule has 1 atom stereocenters. The molecule has 1 N–H and O–H groups in total. The second-order valence-electron chi connectivity index (χ2n) is 4.77. The quantitative estimate of drug-likeness (QED) is 0.851. The molecule has 0 spiro atoms. The van der Waals surface area contributed by atoms with Gasteiger partial charge in [0.05, 0.1) is 17.2 Å². The Labute approximate surface area is 109 Å². The van der Waals surface area contributed by atoms with Crippen LogP contribution in [-0.2, 0) is 10.9 Å². The van der Waals surface area contributed by atoms with E-state index in [-0.39, 0.29) is 0 Å². The van der Waals surface area contributed by atoms with E-state index in [9.17, 15) is 17.6 Å². The summed E-state index contributed by atoms with van der Waals surface area (Å²) in [6.07, 6.45) is -4.69. The zero-order valence-corrected chi connectivity index (χ0v) is 11.2. The zero-order chi connectivity index (χ0) is 14.8. The highest BCUT2D eigenvalue weighted by Gasteiger charge is 2.35. The molecule has 0 amide bonds. The summed E-state index contributed by atoms with van der Waals surface area (Å²) < 4.78 is 56.3. The van der Waals surface area contributed by atoms with Crippen LogP contribution >= 0.6 is 0 Å². The molecule has 0 saturated heterocycles. The van der Waals surface area contributed by atoms with E-state index in [4.69, 9.17) is 4.74 Å². The zero-order valence-electron chi connectivity index (χ0n) is 11.2. The summed E-state index contributed by atoms with van der Waals surface area (Å²) in [7, 11) is 3.13. The molecule has 108 valence electrons. The number of rotatable bonds is 4. The average Bonchev–Trinajstić information content (AvgIpc) is 2.28. The van der Waals surface area contributed by atoms with Crippen molar-refractivity contribution in [2.24, 2.45) is 0 Å². The van der Waals surface area contributed by atoms with Crippen molar-refractivity contribution in [1.82, 2.24) is 5.32 Å². The number of hydrogen-bond donors (Lipinski definition) is 1. The fraction of sp³-hybridized carbons (Fsp3) is 0.538. The van der Waals surface area contributed by atoms with E-state index in [1.165, 1.54) is 13.2 Å². The third-order valence-corrected chi connectivity index (χ3v) is 3.14. The highest BCUT2D eigenvalue weighted by molar-refractivity contribution is 5.30. The Balaban J connectivity index is 3.20. The molecule has 1 unspecified atom stereocenters. The largest absolute Gasteiger partial charge is 0.419 e. The monoisotopic (exact) mass is 279 g/mol. The Kier molecular flexibility index (Phi) is 4.58. The van der Waals surface area contributed by atoms with E-state index in [2.05, 4.69) is 5.32 Å². The van der Waals surface area contributed by atoms with Crippen molar-refractivity contribution >= 4 is 0 Å². The number of nitrogens with one attached hydrogen (secondary N) is 1. The lowest BCUT2D eigenvalue weighted by Crippen LogP contribution is -2.39. The average molecular weight is 279 g/mol. The molecule has 1 aromatic rings. The molecular formula is C13H17F4NO. The number of halogens is 4. The maximum atomic E-state index is 13.5. The minimum Gasteiger partial charge on any atom is -0.377 e. The first-order valence-corrected chi connectivity index (χ1v) is 5.72. The first-order valence-electron chi connectivity index (χ1n) is 5.72. The van der Waals surface area contributed by atoms with Crippen LogP contribution in [0.2, 0.25) is 0 Å². The van der Waals surface area contributed by atoms with Gasteiger partial charge in [-0.05, 0) is 38.6 Å². The molecule has 0 aromatic heterocycles. The van der Waals surface area contributed by atoms with Gasteiger partial charge in [-0.3, -0.25) is 0 Å². The van der Waals surface area contributed by atoms with E-state index in [0.29, 0.717) is 5.56 Å². The predicted octanol–water partition coefficient (Wildman–Crippen LogP) is 3.53. The molecular weight excluding hydrogens is 262 g/mol. The maximum absolute atomic E-state index is 13.5. The first-order chi connectivity index (χ1) is 8.63. The van der Waals surface area contributed by atoms with E-state index in [1.807, 2.05) is 0 Å². The van der Waals surface area contributed by atoms with Crippen molar-refractivity contribution in [1.29, 1.82) is 0 Å². The molecule has 0 aliphatic rings. The van der Waals surface area contributed by atoms with Crippen LogP contribution < -0.4 is 5.32 Å². The number of ether oxygens (including phenoxy) is 1. The molecule has 6 heteroatoms. The second kappa shape index (κ2) is 5.46. The van der Waals surface area contributed by atoms with Crippen LogP contribution in [0.4, 0.5) is 17.6 Å². The summed E-state index contributed by atoms with van der Waals surface area (Å²) in [6.45, 7) is 3.54. The molecule has 0 heterocycles. The number of hydrogen-bond acceptors (Lipinski definition) is 2. The van der Waals surface area contributed by atoms with Crippen LogP contribution in [0.15, 0.2) is 18.2 Å². The lowest BCUT2D eigenvalue weighted by atomic mass is 9.91. The van der Waals surface area contributed by atoms with Gasteiger partial charge in [-0.1, -0.05) is 6.07 Å². The molecule has 1 aromatic carbocycles.